The number of benzene rings is 1. The standard InChI is InChI=1S/C19H21N5O/c1-15(17-7-9-20-10-8-17)23(2)19(25)22-13-16-3-5-18(6-4-16)24-12-11-21-14-24/h3-12,14-15H,13H2,1-2H3,(H,22,25). The number of hydrogen-bond donors (Lipinski definition) is 1. The zero-order valence-corrected chi connectivity index (χ0v) is 14.3. The maximum Gasteiger partial charge on any atom is 0.317 e. The van der Waals surface area contributed by atoms with Crippen LogP contribution in [0.2, 0.25) is 0 Å². The molecule has 6 nitrogen and oxygen atoms in total. The topological polar surface area (TPSA) is 63.1 Å². The van der Waals surface area contributed by atoms with Gasteiger partial charge in [-0.2, -0.15) is 0 Å². The second kappa shape index (κ2) is 7.61. The lowest BCUT2D eigenvalue weighted by atomic mass is 10.1. The first-order valence-corrected chi connectivity index (χ1v) is 8.13. The lowest BCUT2D eigenvalue weighted by Crippen LogP contribution is -2.38. The fraction of sp³-hybridized carbons (Fsp3) is 0.211. The minimum Gasteiger partial charge on any atom is -0.334 e. The van der Waals surface area contributed by atoms with Crippen molar-refractivity contribution in [2.24, 2.45) is 0 Å². The van der Waals surface area contributed by atoms with Gasteiger partial charge in [-0.1, -0.05) is 12.1 Å². The van der Waals surface area contributed by atoms with Crippen molar-refractivity contribution in [1.29, 1.82) is 0 Å². The summed E-state index contributed by atoms with van der Waals surface area (Å²) in [6.07, 6.45) is 8.87. The van der Waals surface area contributed by atoms with Gasteiger partial charge in [0.1, 0.15) is 0 Å². The van der Waals surface area contributed by atoms with Gasteiger partial charge in [0.2, 0.25) is 0 Å². The van der Waals surface area contributed by atoms with Crippen molar-refractivity contribution in [3.8, 4) is 5.69 Å². The number of hydrogen-bond acceptors (Lipinski definition) is 3. The zero-order valence-electron chi connectivity index (χ0n) is 14.3. The minimum absolute atomic E-state index is 0.0217. The third-order valence-corrected chi connectivity index (χ3v) is 4.27. The van der Waals surface area contributed by atoms with Gasteiger partial charge in [0, 0.05) is 44.1 Å². The van der Waals surface area contributed by atoms with E-state index in [2.05, 4.69) is 15.3 Å². The molecule has 1 N–H and O–H groups in total. The highest BCUT2D eigenvalue weighted by molar-refractivity contribution is 5.74. The summed E-state index contributed by atoms with van der Waals surface area (Å²) in [7, 11) is 1.79. The molecule has 1 unspecified atom stereocenters. The molecule has 3 aromatic rings. The van der Waals surface area contributed by atoms with Crippen molar-refractivity contribution >= 4 is 6.03 Å². The fourth-order valence-corrected chi connectivity index (χ4v) is 2.54. The van der Waals surface area contributed by atoms with Crippen molar-refractivity contribution in [1.82, 2.24) is 24.8 Å². The van der Waals surface area contributed by atoms with Gasteiger partial charge in [-0.25, -0.2) is 9.78 Å². The van der Waals surface area contributed by atoms with Crippen LogP contribution in [0.15, 0.2) is 67.5 Å². The maximum atomic E-state index is 12.4. The fourth-order valence-electron chi connectivity index (χ4n) is 2.54. The van der Waals surface area contributed by atoms with E-state index in [9.17, 15) is 4.79 Å². The molecule has 128 valence electrons. The van der Waals surface area contributed by atoms with Crippen molar-refractivity contribution in [3.05, 3.63) is 78.6 Å². The first kappa shape index (κ1) is 16.7. The number of nitrogens with one attached hydrogen (secondary N) is 1. The summed E-state index contributed by atoms with van der Waals surface area (Å²) < 4.78 is 1.94. The van der Waals surface area contributed by atoms with Gasteiger partial charge in [-0.3, -0.25) is 4.98 Å². The second-order valence-corrected chi connectivity index (χ2v) is 5.86. The Labute approximate surface area is 147 Å². The summed E-state index contributed by atoms with van der Waals surface area (Å²) in [4.78, 5) is 22.1. The van der Waals surface area contributed by atoms with Gasteiger partial charge < -0.3 is 14.8 Å². The van der Waals surface area contributed by atoms with Gasteiger partial charge in [-0.05, 0) is 42.3 Å². The lowest BCUT2D eigenvalue weighted by Gasteiger charge is -2.25. The predicted molar refractivity (Wildman–Crippen MR) is 96.2 cm³/mol. The highest BCUT2D eigenvalue weighted by Crippen LogP contribution is 2.17. The largest absolute Gasteiger partial charge is 0.334 e. The molecule has 2 amide bonds. The highest BCUT2D eigenvalue weighted by atomic mass is 16.2. The molecule has 2 aromatic heterocycles. The van der Waals surface area contributed by atoms with Gasteiger partial charge in [-0.15, -0.1) is 0 Å². The van der Waals surface area contributed by atoms with E-state index in [1.54, 1.807) is 36.9 Å². The summed E-state index contributed by atoms with van der Waals surface area (Å²) in [5.41, 5.74) is 3.13. The smallest absolute Gasteiger partial charge is 0.317 e. The van der Waals surface area contributed by atoms with Crippen LogP contribution in [0.3, 0.4) is 0 Å². The van der Waals surface area contributed by atoms with E-state index in [1.807, 2.05) is 54.1 Å². The van der Waals surface area contributed by atoms with Crippen LogP contribution >= 0.6 is 0 Å². The normalized spacial score (nSPS) is 11.8. The van der Waals surface area contributed by atoms with E-state index in [0.717, 1.165) is 16.8 Å². The van der Waals surface area contributed by atoms with Crippen molar-refractivity contribution in [2.45, 2.75) is 19.5 Å². The molecule has 1 atom stereocenters. The molecule has 0 aliphatic carbocycles. The Morgan fingerprint density at radius 1 is 1.12 bits per heavy atom. The van der Waals surface area contributed by atoms with E-state index < -0.39 is 0 Å². The predicted octanol–water partition coefficient (Wildman–Crippen LogP) is 3.17. The summed E-state index contributed by atoms with van der Waals surface area (Å²) in [6, 6.07) is 11.7. The first-order valence-electron chi connectivity index (χ1n) is 8.13. The number of imidazole rings is 1. The molecule has 0 spiro atoms. The number of urea groups is 1. The molecule has 0 saturated heterocycles. The van der Waals surface area contributed by atoms with Crippen LogP contribution in [0.4, 0.5) is 4.79 Å². The molecule has 0 fully saturated rings. The van der Waals surface area contributed by atoms with Gasteiger partial charge >= 0.3 is 6.03 Å². The SMILES string of the molecule is CC(c1ccncc1)N(C)C(=O)NCc1ccc(-n2ccnc2)cc1. The molecule has 2 heterocycles. The van der Waals surface area contributed by atoms with Crippen LogP contribution in [0.5, 0.6) is 0 Å². The van der Waals surface area contributed by atoms with Gasteiger partial charge in [0.25, 0.3) is 0 Å². The third-order valence-electron chi connectivity index (χ3n) is 4.27. The number of pyridine rings is 1. The molecule has 0 saturated carbocycles. The Morgan fingerprint density at radius 3 is 2.48 bits per heavy atom. The van der Waals surface area contributed by atoms with Crippen molar-refractivity contribution in [3.63, 3.8) is 0 Å². The number of carbonyl (C=O) groups excluding carboxylic acids is 1. The van der Waals surface area contributed by atoms with Crippen LogP contribution in [0.1, 0.15) is 24.1 Å². The summed E-state index contributed by atoms with van der Waals surface area (Å²) >= 11 is 0. The van der Waals surface area contributed by atoms with E-state index >= 15 is 0 Å². The molecule has 0 radical (unpaired) electrons. The molecule has 1 aromatic carbocycles. The molecule has 3 rings (SSSR count). The maximum absolute atomic E-state index is 12.4. The second-order valence-electron chi connectivity index (χ2n) is 5.86. The summed E-state index contributed by atoms with van der Waals surface area (Å²) in [5.74, 6) is 0. The number of nitrogens with zero attached hydrogens (tertiary/aromatic N) is 4. The number of amides is 2. The van der Waals surface area contributed by atoms with E-state index in [4.69, 9.17) is 0 Å². The highest BCUT2D eigenvalue weighted by Gasteiger charge is 2.16. The Balaban J connectivity index is 1.56. The Bertz CT molecular complexity index is 800. The third kappa shape index (κ3) is 4.03. The molecule has 25 heavy (non-hydrogen) atoms. The molecule has 0 aliphatic rings. The molecular weight excluding hydrogens is 314 g/mol. The van der Waals surface area contributed by atoms with Crippen LogP contribution in [-0.2, 0) is 6.54 Å². The van der Waals surface area contributed by atoms with E-state index in [0.29, 0.717) is 6.54 Å². The van der Waals surface area contributed by atoms with E-state index in [-0.39, 0.29) is 12.1 Å². The van der Waals surface area contributed by atoms with Crippen LogP contribution in [-0.4, -0.2) is 32.5 Å². The lowest BCUT2D eigenvalue weighted by molar-refractivity contribution is 0.194. The summed E-state index contributed by atoms with van der Waals surface area (Å²) in [6.45, 7) is 2.48. The van der Waals surface area contributed by atoms with Crippen LogP contribution in [0.25, 0.3) is 5.69 Å². The van der Waals surface area contributed by atoms with Gasteiger partial charge in [0.05, 0.1) is 12.4 Å². The first-order chi connectivity index (χ1) is 12.1. The van der Waals surface area contributed by atoms with Crippen molar-refractivity contribution in [2.75, 3.05) is 7.05 Å². The Kier molecular flexibility index (Phi) is 5.09. The molecule has 6 heteroatoms. The monoisotopic (exact) mass is 335 g/mol. The molecule has 0 bridgehead atoms. The number of carbonyl (C=O) groups is 1. The summed E-state index contributed by atoms with van der Waals surface area (Å²) in [5, 5.41) is 2.96. The van der Waals surface area contributed by atoms with Crippen LogP contribution in [0, 0.1) is 0 Å². The van der Waals surface area contributed by atoms with Crippen LogP contribution < -0.4 is 5.32 Å². The number of rotatable bonds is 5. The molecule has 0 aliphatic heterocycles. The van der Waals surface area contributed by atoms with E-state index in [1.165, 1.54) is 0 Å². The zero-order chi connectivity index (χ0) is 17.6. The minimum atomic E-state index is -0.108. The quantitative estimate of drug-likeness (QED) is 0.779. The van der Waals surface area contributed by atoms with Crippen molar-refractivity contribution < 1.29 is 4.79 Å². The average Bonchev–Trinajstić information content (AvgIpc) is 3.21. The Morgan fingerprint density at radius 2 is 1.84 bits per heavy atom. The molecular formula is C19H21N5O. The Hall–Kier alpha value is -3.15. The number of aromatic nitrogens is 3. The van der Waals surface area contributed by atoms with Gasteiger partial charge in [0.15, 0.2) is 0 Å². The average molecular weight is 335 g/mol.